The minimum Gasteiger partial charge on any atom is -0.495 e. The summed E-state index contributed by atoms with van der Waals surface area (Å²) in [6.45, 7) is 10.7. The second kappa shape index (κ2) is 7.22. The summed E-state index contributed by atoms with van der Waals surface area (Å²) in [6, 6.07) is 12.3. The zero-order valence-corrected chi connectivity index (χ0v) is 16.1. The molecule has 2 N–H and O–H groups in total. The Kier molecular flexibility index (Phi) is 5.50. The van der Waals surface area contributed by atoms with E-state index in [-0.39, 0.29) is 5.41 Å². The van der Waals surface area contributed by atoms with Crippen LogP contribution in [0.3, 0.4) is 0 Å². The van der Waals surface area contributed by atoms with Crippen LogP contribution in [0.2, 0.25) is 0 Å². The zero-order valence-electron chi connectivity index (χ0n) is 15.3. The number of anilines is 2. The monoisotopic (exact) mass is 342 g/mol. The van der Waals surface area contributed by atoms with Crippen LogP contribution in [-0.2, 0) is 5.41 Å². The fourth-order valence-electron chi connectivity index (χ4n) is 2.43. The molecule has 2 aromatic rings. The standard InChI is InChI=1S/C20H26N2OS/c1-13-8-7-9-16(14(13)2)21-19(24)22-17-12-15(20(3,4)5)10-11-18(17)23-6/h7-12H,1-6H3,(H2,21,22,24). The van der Waals surface area contributed by atoms with E-state index >= 15 is 0 Å². The van der Waals surface area contributed by atoms with Gasteiger partial charge in [0.25, 0.3) is 0 Å². The molecule has 0 aromatic heterocycles. The maximum absolute atomic E-state index is 5.49. The Balaban J connectivity index is 2.23. The highest BCUT2D eigenvalue weighted by Crippen LogP contribution is 2.31. The molecule has 0 spiro atoms. The van der Waals surface area contributed by atoms with Crippen molar-refractivity contribution in [1.82, 2.24) is 0 Å². The number of benzene rings is 2. The minimum atomic E-state index is 0.0604. The van der Waals surface area contributed by atoms with Crippen LogP contribution in [0.1, 0.15) is 37.5 Å². The van der Waals surface area contributed by atoms with Gasteiger partial charge in [-0.2, -0.15) is 0 Å². The average Bonchev–Trinajstić information content (AvgIpc) is 2.51. The molecule has 0 heterocycles. The quantitative estimate of drug-likeness (QED) is 0.730. The molecule has 0 saturated heterocycles. The summed E-state index contributed by atoms with van der Waals surface area (Å²) in [5.41, 5.74) is 5.59. The van der Waals surface area contributed by atoms with Crippen molar-refractivity contribution >= 4 is 28.7 Å². The van der Waals surface area contributed by atoms with E-state index in [1.807, 2.05) is 18.2 Å². The normalized spacial score (nSPS) is 11.1. The molecule has 3 nitrogen and oxygen atoms in total. The number of hydrogen-bond acceptors (Lipinski definition) is 2. The molecule has 0 aliphatic carbocycles. The van der Waals surface area contributed by atoms with E-state index in [1.54, 1.807) is 7.11 Å². The van der Waals surface area contributed by atoms with Crippen molar-refractivity contribution in [2.24, 2.45) is 0 Å². The summed E-state index contributed by atoms with van der Waals surface area (Å²) in [4.78, 5) is 0. The number of aryl methyl sites for hydroxylation is 1. The van der Waals surface area contributed by atoms with Gasteiger partial charge in [-0.05, 0) is 66.4 Å². The molecule has 4 heteroatoms. The Morgan fingerprint density at radius 3 is 2.29 bits per heavy atom. The first kappa shape index (κ1) is 18.3. The molecule has 0 fully saturated rings. The van der Waals surface area contributed by atoms with Gasteiger partial charge in [-0.25, -0.2) is 0 Å². The third-order valence-corrected chi connectivity index (χ3v) is 4.37. The molecule has 0 saturated carbocycles. The molecule has 0 radical (unpaired) electrons. The highest BCUT2D eigenvalue weighted by atomic mass is 32.1. The van der Waals surface area contributed by atoms with Crippen LogP contribution in [0.15, 0.2) is 36.4 Å². The lowest BCUT2D eigenvalue weighted by atomic mass is 9.87. The Labute approximate surface area is 150 Å². The predicted molar refractivity (Wildman–Crippen MR) is 107 cm³/mol. The third-order valence-electron chi connectivity index (χ3n) is 4.17. The van der Waals surface area contributed by atoms with Crippen LogP contribution in [0, 0.1) is 13.8 Å². The Hall–Kier alpha value is -2.07. The summed E-state index contributed by atoms with van der Waals surface area (Å²) in [7, 11) is 1.67. The largest absolute Gasteiger partial charge is 0.495 e. The molecule has 0 bridgehead atoms. The maximum Gasteiger partial charge on any atom is 0.175 e. The Bertz CT molecular complexity index is 748. The van der Waals surface area contributed by atoms with E-state index in [1.165, 1.54) is 16.7 Å². The van der Waals surface area contributed by atoms with Crippen LogP contribution in [0.5, 0.6) is 5.75 Å². The maximum atomic E-state index is 5.49. The van der Waals surface area contributed by atoms with Gasteiger partial charge in [-0.1, -0.05) is 39.0 Å². The van der Waals surface area contributed by atoms with Crippen molar-refractivity contribution in [1.29, 1.82) is 0 Å². The number of ether oxygens (including phenoxy) is 1. The smallest absolute Gasteiger partial charge is 0.175 e. The number of nitrogens with one attached hydrogen (secondary N) is 2. The van der Waals surface area contributed by atoms with Crippen molar-refractivity contribution in [3.8, 4) is 5.75 Å². The summed E-state index contributed by atoms with van der Waals surface area (Å²) >= 11 is 5.49. The lowest BCUT2D eigenvalue weighted by Crippen LogP contribution is -2.21. The summed E-state index contributed by atoms with van der Waals surface area (Å²) in [6.07, 6.45) is 0. The van der Waals surface area contributed by atoms with Gasteiger partial charge >= 0.3 is 0 Å². The van der Waals surface area contributed by atoms with Gasteiger partial charge in [0.2, 0.25) is 0 Å². The van der Waals surface area contributed by atoms with Crippen LogP contribution in [0.25, 0.3) is 0 Å². The average molecular weight is 343 g/mol. The van der Waals surface area contributed by atoms with Crippen LogP contribution in [0.4, 0.5) is 11.4 Å². The topological polar surface area (TPSA) is 33.3 Å². The van der Waals surface area contributed by atoms with Crippen molar-refractivity contribution in [3.05, 3.63) is 53.1 Å². The fraction of sp³-hybridized carbons (Fsp3) is 0.350. The van der Waals surface area contributed by atoms with E-state index < -0.39 is 0 Å². The predicted octanol–water partition coefficient (Wildman–Crippen LogP) is 5.42. The molecule has 0 atom stereocenters. The van der Waals surface area contributed by atoms with Gasteiger partial charge in [0.15, 0.2) is 5.11 Å². The molecular formula is C20H26N2OS. The summed E-state index contributed by atoms with van der Waals surface area (Å²) in [5.74, 6) is 0.771. The van der Waals surface area contributed by atoms with E-state index in [9.17, 15) is 0 Å². The van der Waals surface area contributed by atoms with Crippen LogP contribution >= 0.6 is 12.2 Å². The number of rotatable bonds is 3. The van der Waals surface area contributed by atoms with Crippen LogP contribution in [-0.4, -0.2) is 12.2 Å². The molecule has 2 aromatic carbocycles. The third kappa shape index (κ3) is 4.26. The number of hydrogen-bond donors (Lipinski definition) is 2. The molecule has 2 rings (SSSR count). The molecule has 0 aliphatic rings. The zero-order chi connectivity index (χ0) is 17.9. The lowest BCUT2D eigenvalue weighted by molar-refractivity contribution is 0.416. The molecule has 128 valence electrons. The van der Waals surface area contributed by atoms with Crippen LogP contribution < -0.4 is 15.4 Å². The SMILES string of the molecule is COc1ccc(C(C)(C)C)cc1NC(=S)Nc1cccc(C)c1C. The van der Waals surface area contributed by atoms with Gasteiger partial charge in [-0.15, -0.1) is 0 Å². The molecule has 0 aliphatic heterocycles. The highest BCUT2D eigenvalue weighted by molar-refractivity contribution is 7.80. The van der Waals surface area contributed by atoms with E-state index in [4.69, 9.17) is 17.0 Å². The number of methoxy groups -OCH3 is 1. The first-order chi connectivity index (χ1) is 11.2. The second-order valence-corrected chi connectivity index (χ2v) is 7.40. The minimum absolute atomic E-state index is 0.0604. The number of thiocarbonyl (C=S) groups is 1. The van der Waals surface area contributed by atoms with Gasteiger partial charge < -0.3 is 15.4 Å². The first-order valence-electron chi connectivity index (χ1n) is 8.05. The molecule has 0 unspecified atom stereocenters. The van der Waals surface area contributed by atoms with E-state index in [0.29, 0.717) is 5.11 Å². The van der Waals surface area contributed by atoms with Gasteiger partial charge in [0.1, 0.15) is 5.75 Å². The summed E-state index contributed by atoms with van der Waals surface area (Å²) in [5, 5.41) is 7.09. The van der Waals surface area contributed by atoms with Crippen molar-refractivity contribution in [2.75, 3.05) is 17.7 Å². The Morgan fingerprint density at radius 1 is 1.00 bits per heavy atom. The first-order valence-corrected chi connectivity index (χ1v) is 8.46. The van der Waals surface area contributed by atoms with E-state index in [2.05, 4.69) is 63.5 Å². The van der Waals surface area contributed by atoms with E-state index in [0.717, 1.165) is 17.1 Å². The van der Waals surface area contributed by atoms with Crippen molar-refractivity contribution in [2.45, 2.75) is 40.0 Å². The van der Waals surface area contributed by atoms with Crippen molar-refractivity contribution in [3.63, 3.8) is 0 Å². The molecular weight excluding hydrogens is 316 g/mol. The van der Waals surface area contributed by atoms with Gasteiger partial charge in [0.05, 0.1) is 12.8 Å². The van der Waals surface area contributed by atoms with Gasteiger partial charge in [0, 0.05) is 5.69 Å². The fourth-order valence-corrected chi connectivity index (χ4v) is 2.65. The Morgan fingerprint density at radius 2 is 1.67 bits per heavy atom. The van der Waals surface area contributed by atoms with Gasteiger partial charge in [-0.3, -0.25) is 0 Å². The molecule has 24 heavy (non-hydrogen) atoms. The highest BCUT2D eigenvalue weighted by Gasteiger charge is 2.16. The second-order valence-electron chi connectivity index (χ2n) is 6.99. The molecule has 0 amide bonds. The summed E-state index contributed by atoms with van der Waals surface area (Å²) < 4.78 is 5.46. The van der Waals surface area contributed by atoms with Crippen molar-refractivity contribution < 1.29 is 4.74 Å². The lowest BCUT2D eigenvalue weighted by Gasteiger charge is -2.22.